The van der Waals surface area contributed by atoms with E-state index >= 15 is 0 Å². The summed E-state index contributed by atoms with van der Waals surface area (Å²) in [7, 11) is 0. The molecule has 0 aliphatic heterocycles. The SMILES string of the molecule is c1ccc(-c2c3ccccc3c(-c3ccc(-c4ccc5oc6cc7c(cc6c5c4)oc4ccccc47)cc3)c3ccccc23)cc1. The molecular formula is C44H26O2. The molecule has 0 aliphatic carbocycles. The molecule has 0 fully saturated rings. The van der Waals surface area contributed by atoms with Gasteiger partial charge >= 0.3 is 0 Å². The zero-order valence-corrected chi connectivity index (χ0v) is 24.8. The molecule has 0 radical (unpaired) electrons. The highest BCUT2D eigenvalue weighted by molar-refractivity contribution is 6.21. The third kappa shape index (κ3) is 3.71. The van der Waals surface area contributed by atoms with E-state index in [4.69, 9.17) is 8.83 Å². The molecular weight excluding hydrogens is 560 g/mol. The van der Waals surface area contributed by atoms with Gasteiger partial charge in [0.25, 0.3) is 0 Å². The molecule has 2 aromatic heterocycles. The third-order valence-corrected chi connectivity index (χ3v) is 9.47. The topological polar surface area (TPSA) is 26.3 Å². The minimum Gasteiger partial charge on any atom is -0.456 e. The largest absolute Gasteiger partial charge is 0.456 e. The van der Waals surface area contributed by atoms with E-state index in [0.29, 0.717) is 0 Å². The Balaban J connectivity index is 1.12. The summed E-state index contributed by atoms with van der Waals surface area (Å²) in [4.78, 5) is 0. The lowest BCUT2D eigenvalue weighted by atomic mass is 9.86. The second-order valence-corrected chi connectivity index (χ2v) is 12.0. The van der Waals surface area contributed by atoms with Crippen LogP contribution in [0.5, 0.6) is 0 Å². The molecule has 0 saturated heterocycles. The van der Waals surface area contributed by atoms with Crippen molar-refractivity contribution in [2.24, 2.45) is 0 Å². The fourth-order valence-electron chi connectivity index (χ4n) is 7.36. The Kier molecular flexibility index (Phi) is 5.31. The van der Waals surface area contributed by atoms with Gasteiger partial charge in [0.05, 0.1) is 0 Å². The summed E-state index contributed by atoms with van der Waals surface area (Å²) in [5.74, 6) is 0. The van der Waals surface area contributed by atoms with Crippen LogP contribution in [0.15, 0.2) is 167 Å². The van der Waals surface area contributed by atoms with Crippen LogP contribution in [0.2, 0.25) is 0 Å². The number of hydrogen-bond acceptors (Lipinski definition) is 2. The molecule has 0 atom stereocenters. The molecule has 0 saturated carbocycles. The first kappa shape index (κ1) is 25.2. The maximum absolute atomic E-state index is 6.33. The lowest BCUT2D eigenvalue weighted by Crippen LogP contribution is -1.90. The highest BCUT2D eigenvalue weighted by atomic mass is 16.3. The van der Waals surface area contributed by atoms with Crippen molar-refractivity contribution in [3.8, 4) is 33.4 Å². The predicted octanol–water partition coefficient (Wildman–Crippen LogP) is 12.8. The molecule has 2 heteroatoms. The Labute approximate surface area is 264 Å². The second-order valence-electron chi connectivity index (χ2n) is 12.0. The van der Waals surface area contributed by atoms with Gasteiger partial charge in [-0.3, -0.25) is 0 Å². The maximum atomic E-state index is 6.33. The monoisotopic (exact) mass is 586 g/mol. The van der Waals surface area contributed by atoms with Crippen LogP contribution >= 0.6 is 0 Å². The summed E-state index contributed by atoms with van der Waals surface area (Å²) in [6.45, 7) is 0. The van der Waals surface area contributed by atoms with Gasteiger partial charge in [0.2, 0.25) is 0 Å². The van der Waals surface area contributed by atoms with Crippen molar-refractivity contribution in [2.45, 2.75) is 0 Å². The summed E-state index contributed by atoms with van der Waals surface area (Å²) >= 11 is 0. The summed E-state index contributed by atoms with van der Waals surface area (Å²) in [6, 6.07) is 56.2. The molecule has 0 amide bonds. The average Bonchev–Trinajstić information content (AvgIpc) is 3.66. The van der Waals surface area contributed by atoms with Gasteiger partial charge < -0.3 is 8.83 Å². The van der Waals surface area contributed by atoms with Crippen LogP contribution in [0.25, 0.3) is 98.8 Å². The van der Waals surface area contributed by atoms with Gasteiger partial charge in [-0.2, -0.15) is 0 Å². The summed E-state index contributed by atoms with van der Waals surface area (Å²) in [5, 5.41) is 9.39. The zero-order chi connectivity index (χ0) is 30.2. The first-order chi connectivity index (χ1) is 22.8. The van der Waals surface area contributed by atoms with E-state index in [9.17, 15) is 0 Å². The lowest BCUT2D eigenvalue weighted by molar-refractivity contribution is 0.664. The normalized spacial score (nSPS) is 11.9. The molecule has 10 rings (SSSR count). The third-order valence-electron chi connectivity index (χ3n) is 9.47. The van der Waals surface area contributed by atoms with E-state index < -0.39 is 0 Å². The maximum Gasteiger partial charge on any atom is 0.136 e. The minimum atomic E-state index is 0.874. The summed E-state index contributed by atoms with van der Waals surface area (Å²) in [5.41, 5.74) is 10.8. The average molecular weight is 587 g/mol. The highest BCUT2D eigenvalue weighted by Crippen LogP contribution is 2.44. The van der Waals surface area contributed by atoms with Crippen molar-refractivity contribution in [3.63, 3.8) is 0 Å². The Morgan fingerprint density at radius 3 is 1.26 bits per heavy atom. The van der Waals surface area contributed by atoms with Gasteiger partial charge in [-0.25, -0.2) is 0 Å². The second kappa shape index (κ2) is 9.69. The van der Waals surface area contributed by atoms with Crippen LogP contribution in [-0.2, 0) is 0 Å². The van der Waals surface area contributed by atoms with E-state index in [1.54, 1.807) is 0 Å². The highest BCUT2D eigenvalue weighted by Gasteiger charge is 2.17. The van der Waals surface area contributed by atoms with Crippen molar-refractivity contribution < 1.29 is 8.83 Å². The van der Waals surface area contributed by atoms with Crippen molar-refractivity contribution in [2.75, 3.05) is 0 Å². The number of rotatable bonds is 3. The minimum absolute atomic E-state index is 0.874. The number of hydrogen-bond donors (Lipinski definition) is 0. The van der Waals surface area contributed by atoms with Gasteiger partial charge in [-0.15, -0.1) is 0 Å². The lowest BCUT2D eigenvalue weighted by Gasteiger charge is -2.18. The van der Waals surface area contributed by atoms with E-state index in [-0.39, 0.29) is 0 Å². The molecule has 8 aromatic carbocycles. The van der Waals surface area contributed by atoms with Crippen LogP contribution < -0.4 is 0 Å². The Bertz CT molecular complexity index is 2720. The molecule has 10 aromatic rings. The summed E-state index contributed by atoms with van der Waals surface area (Å²) < 4.78 is 12.5. The standard InChI is InChI=1S/C44H26O2/c1-2-10-28(11-3-1)43-32-13-4-6-15-34(32)44(35-16-7-5-14-33(35)43)29-20-18-27(19-21-29)30-22-23-40-36(24-30)38-26-41-37(25-42(38)46-40)31-12-8-9-17-39(31)45-41/h1-26H. The number of benzene rings is 8. The van der Waals surface area contributed by atoms with Crippen molar-refractivity contribution in [1.82, 2.24) is 0 Å². The van der Waals surface area contributed by atoms with E-state index in [1.165, 1.54) is 49.4 Å². The Morgan fingerprint density at radius 1 is 0.239 bits per heavy atom. The van der Waals surface area contributed by atoms with E-state index in [1.807, 2.05) is 18.2 Å². The molecule has 2 heterocycles. The van der Waals surface area contributed by atoms with Gasteiger partial charge in [-0.1, -0.05) is 127 Å². The Hall–Kier alpha value is -6.12. The number of para-hydroxylation sites is 1. The predicted molar refractivity (Wildman–Crippen MR) is 192 cm³/mol. The van der Waals surface area contributed by atoms with Gasteiger partial charge in [-0.05, 0) is 85.3 Å². The van der Waals surface area contributed by atoms with Crippen LogP contribution in [0.1, 0.15) is 0 Å². The number of fused-ring (bicyclic) bond motifs is 8. The van der Waals surface area contributed by atoms with E-state index in [2.05, 4.69) is 140 Å². The molecule has 214 valence electrons. The number of furan rings is 2. The molecule has 46 heavy (non-hydrogen) atoms. The molecule has 0 spiro atoms. The quantitative estimate of drug-likeness (QED) is 0.193. The van der Waals surface area contributed by atoms with Crippen molar-refractivity contribution in [3.05, 3.63) is 158 Å². The molecule has 0 unspecified atom stereocenters. The summed E-state index contributed by atoms with van der Waals surface area (Å²) in [6.07, 6.45) is 0. The fourth-order valence-corrected chi connectivity index (χ4v) is 7.36. The molecule has 0 N–H and O–H groups in total. The fraction of sp³-hybridized carbons (Fsp3) is 0. The van der Waals surface area contributed by atoms with Gasteiger partial charge in [0.1, 0.15) is 22.3 Å². The van der Waals surface area contributed by atoms with Crippen molar-refractivity contribution in [1.29, 1.82) is 0 Å². The molecule has 0 bridgehead atoms. The smallest absolute Gasteiger partial charge is 0.136 e. The van der Waals surface area contributed by atoms with Crippen LogP contribution in [-0.4, -0.2) is 0 Å². The first-order valence-corrected chi connectivity index (χ1v) is 15.7. The molecule has 0 aliphatic rings. The van der Waals surface area contributed by atoms with Gasteiger partial charge in [0.15, 0.2) is 0 Å². The molecule has 2 nitrogen and oxygen atoms in total. The zero-order valence-electron chi connectivity index (χ0n) is 24.8. The van der Waals surface area contributed by atoms with Crippen LogP contribution in [0, 0.1) is 0 Å². The Morgan fingerprint density at radius 2 is 0.652 bits per heavy atom. The van der Waals surface area contributed by atoms with Crippen LogP contribution in [0.4, 0.5) is 0 Å². The first-order valence-electron chi connectivity index (χ1n) is 15.7. The van der Waals surface area contributed by atoms with Gasteiger partial charge in [0, 0.05) is 21.5 Å². The van der Waals surface area contributed by atoms with E-state index in [0.717, 1.165) is 49.4 Å². The van der Waals surface area contributed by atoms with Crippen molar-refractivity contribution >= 4 is 65.4 Å². The van der Waals surface area contributed by atoms with Crippen LogP contribution in [0.3, 0.4) is 0 Å².